The molecule has 0 atom stereocenters. The van der Waals surface area contributed by atoms with Crippen LogP contribution in [0.2, 0.25) is 0 Å². The van der Waals surface area contributed by atoms with Gasteiger partial charge < -0.3 is 15.5 Å². The second-order valence-corrected chi connectivity index (χ2v) is 7.09. The van der Waals surface area contributed by atoms with Crippen molar-refractivity contribution in [1.29, 1.82) is 0 Å². The minimum atomic E-state index is -0.637. The average Bonchev–Trinajstić information content (AvgIpc) is 3.31. The number of halogens is 1. The molecule has 5 heteroatoms. The molecule has 4 nitrogen and oxygen atoms in total. The molecule has 1 aliphatic heterocycles. The summed E-state index contributed by atoms with van der Waals surface area (Å²) >= 11 is 0. The Hall–Kier alpha value is -1.62. The van der Waals surface area contributed by atoms with E-state index in [1.54, 1.807) is 6.07 Å². The predicted octanol–water partition coefficient (Wildman–Crippen LogP) is 2.76. The smallest absolute Gasteiger partial charge is 0.245 e. The van der Waals surface area contributed by atoms with Gasteiger partial charge in [-0.05, 0) is 57.7 Å². The van der Waals surface area contributed by atoms with E-state index in [4.69, 9.17) is 0 Å². The number of anilines is 1. The van der Waals surface area contributed by atoms with Crippen LogP contribution in [0.25, 0.3) is 0 Å². The Morgan fingerprint density at radius 3 is 2.57 bits per heavy atom. The largest absolute Gasteiger partial charge is 0.371 e. The van der Waals surface area contributed by atoms with E-state index in [1.165, 1.54) is 12.1 Å². The zero-order valence-corrected chi connectivity index (χ0v) is 13.9. The molecule has 1 saturated heterocycles. The first kappa shape index (κ1) is 16.2. The number of amides is 1. The summed E-state index contributed by atoms with van der Waals surface area (Å²) in [5.74, 6) is -0.222. The van der Waals surface area contributed by atoms with Crippen LogP contribution in [-0.2, 0) is 4.79 Å². The van der Waals surface area contributed by atoms with Crippen LogP contribution in [0, 0.1) is 5.82 Å². The molecular weight excluding hydrogens is 293 g/mol. The number of benzene rings is 1. The van der Waals surface area contributed by atoms with Gasteiger partial charge in [-0.15, -0.1) is 0 Å². The van der Waals surface area contributed by atoms with Gasteiger partial charge in [-0.1, -0.05) is 6.07 Å². The topological polar surface area (TPSA) is 44.4 Å². The summed E-state index contributed by atoms with van der Waals surface area (Å²) in [5, 5.41) is 6.48. The molecule has 0 spiro atoms. The van der Waals surface area contributed by atoms with E-state index in [1.807, 2.05) is 6.07 Å². The van der Waals surface area contributed by atoms with Crippen molar-refractivity contribution in [3.8, 4) is 0 Å². The van der Waals surface area contributed by atoms with Crippen LogP contribution in [-0.4, -0.2) is 41.5 Å². The number of carbonyl (C=O) groups is 1. The van der Waals surface area contributed by atoms with E-state index in [9.17, 15) is 9.18 Å². The van der Waals surface area contributed by atoms with E-state index in [0.717, 1.165) is 38.8 Å². The van der Waals surface area contributed by atoms with Crippen LogP contribution in [0.3, 0.4) is 0 Å². The fraction of sp³-hybridized carbons (Fsp3) is 0.611. The van der Waals surface area contributed by atoms with Gasteiger partial charge in [0.05, 0.1) is 0 Å². The Balaban J connectivity index is 1.77. The van der Waals surface area contributed by atoms with Gasteiger partial charge >= 0.3 is 0 Å². The molecule has 0 radical (unpaired) electrons. The van der Waals surface area contributed by atoms with E-state index < -0.39 is 5.54 Å². The van der Waals surface area contributed by atoms with Crippen molar-refractivity contribution in [3.05, 3.63) is 30.1 Å². The Labute approximate surface area is 137 Å². The molecular formula is C18H26FN3O. The number of nitrogens with one attached hydrogen (secondary N) is 2. The summed E-state index contributed by atoms with van der Waals surface area (Å²) in [7, 11) is 0. The first-order chi connectivity index (χ1) is 11.0. The maximum Gasteiger partial charge on any atom is 0.245 e. The number of piperidine rings is 1. The maximum atomic E-state index is 13.5. The molecule has 2 aliphatic rings. The van der Waals surface area contributed by atoms with Crippen LogP contribution in [0.5, 0.6) is 0 Å². The molecule has 3 rings (SSSR count). The number of nitrogens with zero attached hydrogens (tertiary/aromatic N) is 1. The zero-order chi connectivity index (χ0) is 16.4. The summed E-state index contributed by atoms with van der Waals surface area (Å²) in [6, 6.07) is 7.19. The van der Waals surface area contributed by atoms with E-state index in [2.05, 4.69) is 29.4 Å². The molecule has 1 aromatic carbocycles. The molecule has 23 heavy (non-hydrogen) atoms. The Morgan fingerprint density at radius 2 is 2.00 bits per heavy atom. The maximum absolute atomic E-state index is 13.5. The van der Waals surface area contributed by atoms with Gasteiger partial charge in [0.15, 0.2) is 0 Å². The minimum Gasteiger partial charge on any atom is -0.371 e. The summed E-state index contributed by atoms with van der Waals surface area (Å²) in [4.78, 5) is 15.2. The highest BCUT2D eigenvalue weighted by Crippen LogP contribution is 2.30. The van der Waals surface area contributed by atoms with Gasteiger partial charge in [0.2, 0.25) is 5.91 Å². The van der Waals surface area contributed by atoms with Gasteiger partial charge in [0, 0.05) is 30.9 Å². The third-order valence-electron chi connectivity index (χ3n) is 4.94. The molecule has 1 aromatic rings. The molecule has 0 bridgehead atoms. The van der Waals surface area contributed by atoms with Crippen LogP contribution < -0.4 is 10.6 Å². The van der Waals surface area contributed by atoms with Gasteiger partial charge in [-0.2, -0.15) is 0 Å². The minimum absolute atomic E-state index is 0.0627. The first-order valence-electron chi connectivity index (χ1n) is 8.57. The zero-order valence-electron chi connectivity index (χ0n) is 13.9. The molecule has 0 aromatic heterocycles. The number of carbonyl (C=O) groups excluding carboxylic acids is 1. The van der Waals surface area contributed by atoms with E-state index in [-0.39, 0.29) is 11.7 Å². The van der Waals surface area contributed by atoms with Crippen molar-refractivity contribution in [2.45, 2.75) is 57.2 Å². The third kappa shape index (κ3) is 3.83. The molecule has 2 fully saturated rings. The fourth-order valence-corrected chi connectivity index (χ4v) is 3.22. The SMILES string of the molecule is CC(C)N1CCC(Nc2cccc(F)c2)(C(=O)NC2CC2)CC1. The van der Waals surface area contributed by atoms with Crippen molar-refractivity contribution in [2.24, 2.45) is 0 Å². The van der Waals surface area contributed by atoms with Crippen LogP contribution >= 0.6 is 0 Å². The monoisotopic (exact) mass is 319 g/mol. The second kappa shape index (κ2) is 6.48. The summed E-state index contributed by atoms with van der Waals surface area (Å²) in [5.41, 5.74) is 0.0378. The van der Waals surface area contributed by atoms with Crippen molar-refractivity contribution in [1.82, 2.24) is 10.2 Å². The lowest BCUT2D eigenvalue weighted by Crippen LogP contribution is -2.59. The van der Waals surface area contributed by atoms with Crippen LogP contribution in [0.4, 0.5) is 10.1 Å². The lowest BCUT2D eigenvalue weighted by atomic mass is 9.85. The van der Waals surface area contributed by atoms with Crippen molar-refractivity contribution >= 4 is 11.6 Å². The Bertz CT molecular complexity index is 563. The molecule has 0 unspecified atom stereocenters. The quantitative estimate of drug-likeness (QED) is 0.877. The van der Waals surface area contributed by atoms with Crippen molar-refractivity contribution in [3.63, 3.8) is 0 Å². The van der Waals surface area contributed by atoms with Gasteiger partial charge in [-0.25, -0.2) is 4.39 Å². The molecule has 1 aliphatic carbocycles. The summed E-state index contributed by atoms with van der Waals surface area (Å²) < 4.78 is 13.5. The van der Waals surface area contributed by atoms with Crippen LogP contribution in [0.15, 0.2) is 24.3 Å². The highest BCUT2D eigenvalue weighted by molar-refractivity contribution is 5.90. The molecule has 1 amide bonds. The number of hydrogen-bond donors (Lipinski definition) is 2. The number of hydrogen-bond acceptors (Lipinski definition) is 3. The highest BCUT2D eigenvalue weighted by Gasteiger charge is 2.43. The van der Waals surface area contributed by atoms with Gasteiger partial charge in [-0.3, -0.25) is 4.79 Å². The number of likely N-dealkylation sites (tertiary alicyclic amines) is 1. The van der Waals surface area contributed by atoms with E-state index >= 15 is 0 Å². The summed E-state index contributed by atoms with van der Waals surface area (Å²) in [6.45, 7) is 6.10. The fourth-order valence-electron chi connectivity index (χ4n) is 3.22. The third-order valence-corrected chi connectivity index (χ3v) is 4.94. The molecule has 1 saturated carbocycles. The second-order valence-electron chi connectivity index (χ2n) is 7.09. The van der Waals surface area contributed by atoms with E-state index in [0.29, 0.717) is 17.8 Å². The normalized spacial score (nSPS) is 21.2. The Kier molecular flexibility index (Phi) is 4.57. The van der Waals surface area contributed by atoms with Crippen molar-refractivity contribution < 1.29 is 9.18 Å². The molecule has 126 valence electrons. The summed E-state index contributed by atoms with van der Waals surface area (Å²) in [6.07, 6.45) is 3.61. The lowest BCUT2D eigenvalue weighted by Gasteiger charge is -2.43. The first-order valence-corrected chi connectivity index (χ1v) is 8.57. The van der Waals surface area contributed by atoms with Gasteiger partial charge in [0.25, 0.3) is 0 Å². The number of rotatable bonds is 5. The Morgan fingerprint density at radius 1 is 1.30 bits per heavy atom. The molecule has 1 heterocycles. The average molecular weight is 319 g/mol. The van der Waals surface area contributed by atoms with Gasteiger partial charge in [0.1, 0.15) is 11.4 Å². The van der Waals surface area contributed by atoms with Crippen molar-refractivity contribution in [2.75, 3.05) is 18.4 Å². The molecule has 2 N–H and O–H groups in total. The lowest BCUT2D eigenvalue weighted by molar-refractivity contribution is -0.127. The standard InChI is InChI=1S/C18H26FN3O/c1-13(2)22-10-8-18(9-11-22,17(23)20-15-6-7-15)21-16-5-3-4-14(19)12-16/h3-5,12-13,15,21H,6-11H2,1-2H3,(H,20,23). The van der Waals surface area contributed by atoms with Crippen LogP contribution in [0.1, 0.15) is 39.5 Å². The highest BCUT2D eigenvalue weighted by atomic mass is 19.1. The predicted molar refractivity (Wildman–Crippen MR) is 89.9 cm³/mol.